The van der Waals surface area contributed by atoms with E-state index in [-0.39, 0.29) is 29.6 Å². The van der Waals surface area contributed by atoms with Crippen LogP contribution in [0.15, 0.2) is 72.8 Å². The smallest absolute Gasteiger partial charge is 0.376 e. The van der Waals surface area contributed by atoms with Gasteiger partial charge in [0.2, 0.25) is 5.91 Å². The number of amides is 3. The van der Waals surface area contributed by atoms with Crippen LogP contribution in [0.3, 0.4) is 0 Å². The van der Waals surface area contributed by atoms with E-state index in [1.165, 1.54) is 24.3 Å². The SMILES string of the molecule is CC(C)(C)NC(=O)c1cccc(NC(=O)CNc2cccc(C(=O)Nc3cccc(C(F)(F)F)c3)c2)c1. The van der Waals surface area contributed by atoms with Crippen molar-refractivity contribution in [3.8, 4) is 0 Å². The number of alkyl halides is 3. The molecule has 3 amide bonds. The number of anilines is 3. The molecule has 0 aliphatic heterocycles. The van der Waals surface area contributed by atoms with Gasteiger partial charge in [-0.1, -0.05) is 18.2 Å². The maximum atomic E-state index is 12.9. The van der Waals surface area contributed by atoms with Gasteiger partial charge in [-0.05, 0) is 75.4 Å². The number of halogens is 3. The summed E-state index contributed by atoms with van der Waals surface area (Å²) in [4.78, 5) is 37.3. The minimum atomic E-state index is -4.52. The third-order valence-corrected chi connectivity index (χ3v) is 4.92. The highest BCUT2D eigenvalue weighted by Crippen LogP contribution is 2.30. The van der Waals surface area contributed by atoms with Gasteiger partial charge in [0.15, 0.2) is 0 Å². The van der Waals surface area contributed by atoms with Crippen molar-refractivity contribution < 1.29 is 27.6 Å². The fourth-order valence-electron chi connectivity index (χ4n) is 3.29. The standard InChI is InChI=1S/C27H27F3N4O3/c1-26(2,3)34-25(37)18-8-5-11-21(14-18)32-23(35)16-31-20-10-4-7-17(13-20)24(36)33-22-12-6-9-19(15-22)27(28,29)30/h4-15,31H,16H2,1-3H3,(H,32,35)(H,33,36)(H,34,37). The van der Waals surface area contributed by atoms with E-state index in [4.69, 9.17) is 0 Å². The second-order valence-electron chi connectivity index (χ2n) is 9.30. The molecule has 0 spiro atoms. The lowest BCUT2D eigenvalue weighted by Crippen LogP contribution is -2.40. The van der Waals surface area contributed by atoms with Crippen molar-refractivity contribution in [3.05, 3.63) is 89.5 Å². The minimum absolute atomic E-state index is 0.0102. The van der Waals surface area contributed by atoms with Crippen molar-refractivity contribution in [1.82, 2.24) is 5.32 Å². The first-order valence-corrected chi connectivity index (χ1v) is 11.4. The van der Waals surface area contributed by atoms with Crippen LogP contribution in [-0.2, 0) is 11.0 Å². The molecule has 0 saturated heterocycles. The maximum absolute atomic E-state index is 12.9. The second kappa shape index (κ2) is 11.2. The molecule has 0 bridgehead atoms. The number of carbonyl (C=O) groups excluding carboxylic acids is 3. The molecule has 3 aromatic rings. The molecule has 0 aliphatic carbocycles. The van der Waals surface area contributed by atoms with Crippen LogP contribution < -0.4 is 21.3 Å². The zero-order valence-corrected chi connectivity index (χ0v) is 20.5. The van der Waals surface area contributed by atoms with Crippen LogP contribution in [0.1, 0.15) is 47.1 Å². The monoisotopic (exact) mass is 512 g/mol. The molecule has 37 heavy (non-hydrogen) atoms. The first-order valence-electron chi connectivity index (χ1n) is 11.4. The molecule has 0 saturated carbocycles. The van der Waals surface area contributed by atoms with Crippen molar-refractivity contribution in [2.45, 2.75) is 32.5 Å². The van der Waals surface area contributed by atoms with Crippen LogP contribution >= 0.6 is 0 Å². The van der Waals surface area contributed by atoms with Gasteiger partial charge in [0.25, 0.3) is 11.8 Å². The van der Waals surface area contributed by atoms with Gasteiger partial charge in [0.1, 0.15) is 0 Å². The minimum Gasteiger partial charge on any atom is -0.376 e. The maximum Gasteiger partial charge on any atom is 0.416 e. The van der Waals surface area contributed by atoms with E-state index in [1.807, 2.05) is 20.8 Å². The van der Waals surface area contributed by atoms with Crippen LogP contribution in [0.4, 0.5) is 30.2 Å². The molecule has 0 fully saturated rings. The molecule has 0 atom stereocenters. The Labute approximate surface area is 212 Å². The van der Waals surface area contributed by atoms with Crippen LogP contribution in [0.25, 0.3) is 0 Å². The normalized spacial score (nSPS) is 11.4. The fraction of sp³-hybridized carbons (Fsp3) is 0.222. The van der Waals surface area contributed by atoms with Crippen LogP contribution in [0.2, 0.25) is 0 Å². The van der Waals surface area contributed by atoms with Gasteiger partial charge in [-0.25, -0.2) is 0 Å². The van der Waals surface area contributed by atoms with Gasteiger partial charge < -0.3 is 21.3 Å². The molecule has 0 aliphatic rings. The molecule has 0 heterocycles. The number of hydrogen-bond donors (Lipinski definition) is 4. The summed E-state index contributed by atoms with van der Waals surface area (Å²) in [6, 6.07) is 17.1. The lowest BCUT2D eigenvalue weighted by Gasteiger charge is -2.20. The Balaban J connectivity index is 1.58. The summed E-state index contributed by atoms with van der Waals surface area (Å²) >= 11 is 0. The Morgan fingerprint density at radius 1 is 0.703 bits per heavy atom. The highest BCUT2D eigenvalue weighted by Gasteiger charge is 2.30. The van der Waals surface area contributed by atoms with Gasteiger partial charge in [-0.2, -0.15) is 13.2 Å². The number of benzene rings is 3. The van der Waals surface area contributed by atoms with Gasteiger partial charge in [-0.3, -0.25) is 14.4 Å². The van der Waals surface area contributed by atoms with Crippen LogP contribution in [0, 0.1) is 0 Å². The first kappa shape index (κ1) is 27.3. The highest BCUT2D eigenvalue weighted by atomic mass is 19.4. The molecule has 0 unspecified atom stereocenters. The summed E-state index contributed by atoms with van der Waals surface area (Å²) in [6.07, 6.45) is -4.52. The Morgan fingerprint density at radius 2 is 1.24 bits per heavy atom. The quantitative estimate of drug-likeness (QED) is 0.334. The summed E-state index contributed by atoms with van der Waals surface area (Å²) in [7, 11) is 0. The Kier molecular flexibility index (Phi) is 8.21. The molecule has 0 radical (unpaired) electrons. The van der Waals surface area contributed by atoms with Gasteiger partial charge in [0, 0.05) is 33.7 Å². The number of hydrogen-bond acceptors (Lipinski definition) is 4. The summed E-state index contributed by atoms with van der Waals surface area (Å²) in [5.74, 6) is -1.24. The van der Waals surface area contributed by atoms with Crippen molar-refractivity contribution in [1.29, 1.82) is 0 Å². The predicted molar refractivity (Wildman–Crippen MR) is 137 cm³/mol. The van der Waals surface area contributed by atoms with Gasteiger partial charge in [-0.15, -0.1) is 0 Å². The third kappa shape index (κ3) is 8.38. The summed E-state index contributed by atoms with van der Waals surface area (Å²) in [5, 5.41) is 10.9. The van der Waals surface area contributed by atoms with E-state index in [9.17, 15) is 27.6 Å². The Morgan fingerprint density at radius 3 is 1.86 bits per heavy atom. The highest BCUT2D eigenvalue weighted by molar-refractivity contribution is 6.05. The molecule has 10 heteroatoms. The molecule has 3 rings (SSSR count). The van der Waals surface area contributed by atoms with E-state index < -0.39 is 23.2 Å². The largest absolute Gasteiger partial charge is 0.416 e. The van der Waals surface area contributed by atoms with E-state index in [0.717, 1.165) is 12.1 Å². The molecular weight excluding hydrogens is 485 g/mol. The average molecular weight is 513 g/mol. The van der Waals surface area contributed by atoms with Crippen LogP contribution in [0.5, 0.6) is 0 Å². The summed E-state index contributed by atoms with van der Waals surface area (Å²) in [5.41, 5.74) is 0.245. The molecule has 4 N–H and O–H groups in total. The molecule has 194 valence electrons. The number of rotatable bonds is 7. The van der Waals surface area contributed by atoms with Crippen molar-refractivity contribution in [3.63, 3.8) is 0 Å². The Bertz CT molecular complexity index is 1300. The lowest BCUT2D eigenvalue weighted by atomic mass is 10.1. The van der Waals surface area contributed by atoms with Crippen LogP contribution in [-0.4, -0.2) is 29.8 Å². The molecular formula is C27H27F3N4O3. The van der Waals surface area contributed by atoms with E-state index in [1.54, 1.807) is 36.4 Å². The summed E-state index contributed by atoms with van der Waals surface area (Å²) in [6.45, 7) is 5.47. The molecule has 7 nitrogen and oxygen atoms in total. The lowest BCUT2D eigenvalue weighted by molar-refractivity contribution is -0.137. The van der Waals surface area contributed by atoms with Gasteiger partial charge >= 0.3 is 6.18 Å². The van der Waals surface area contributed by atoms with E-state index >= 15 is 0 Å². The predicted octanol–water partition coefficient (Wildman–Crippen LogP) is 5.54. The number of carbonyl (C=O) groups is 3. The summed E-state index contributed by atoms with van der Waals surface area (Å²) < 4.78 is 38.7. The molecule has 0 aromatic heterocycles. The third-order valence-electron chi connectivity index (χ3n) is 4.92. The van der Waals surface area contributed by atoms with Gasteiger partial charge in [0.05, 0.1) is 12.1 Å². The zero-order chi connectivity index (χ0) is 27.2. The van der Waals surface area contributed by atoms with E-state index in [0.29, 0.717) is 16.9 Å². The van der Waals surface area contributed by atoms with E-state index in [2.05, 4.69) is 21.3 Å². The zero-order valence-electron chi connectivity index (χ0n) is 20.5. The topological polar surface area (TPSA) is 99.3 Å². The van der Waals surface area contributed by atoms with Crippen molar-refractivity contribution in [2.75, 3.05) is 22.5 Å². The van der Waals surface area contributed by atoms with Crippen molar-refractivity contribution >= 4 is 34.8 Å². The number of nitrogens with one attached hydrogen (secondary N) is 4. The second-order valence-corrected chi connectivity index (χ2v) is 9.30. The first-order chi connectivity index (χ1) is 17.3. The Hall–Kier alpha value is -4.34. The average Bonchev–Trinajstić information content (AvgIpc) is 2.82. The van der Waals surface area contributed by atoms with Crippen molar-refractivity contribution in [2.24, 2.45) is 0 Å². The fourth-order valence-corrected chi connectivity index (χ4v) is 3.29. The molecule has 3 aromatic carbocycles.